The molecule has 7 heteroatoms. The van der Waals surface area contributed by atoms with E-state index in [4.69, 9.17) is 21.3 Å². The fraction of sp³-hybridized carbons (Fsp3) is 0.500. The first-order valence-corrected chi connectivity index (χ1v) is 5.91. The maximum Gasteiger partial charge on any atom is 0.116 e. The first kappa shape index (κ1) is 14.0. The normalized spacial score (nSPS) is 35.3. The van der Waals surface area contributed by atoms with E-state index in [9.17, 15) is 15.3 Å². The second kappa shape index (κ2) is 5.32. The van der Waals surface area contributed by atoms with Gasteiger partial charge in [0.2, 0.25) is 0 Å². The lowest BCUT2D eigenvalue weighted by Crippen LogP contribution is -2.55. The molecule has 0 saturated carbocycles. The first-order chi connectivity index (χ1) is 8.97. The molecule has 0 spiro atoms. The van der Waals surface area contributed by atoms with Crippen LogP contribution in [0.15, 0.2) is 18.2 Å². The zero-order chi connectivity index (χ0) is 14.2. The molecule has 0 aromatic heterocycles. The molecule has 1 unspecified atom stereocenters. The van der Waals surface area contributed by atoms with Gasteiger partial charge in [0.1, 0.15) is 30.5 Å². The summed E-state index contributed by atoms with van der Waals surface area (Å²) in [6.45, 7) is -0.492. The van der Waals surface area contributed by atoms with Crippen LogP contribution < -0.4 is 11.5 Å². The van der Waals surface area contributed by atoms with Crippen LogP contribution in [0.5, 0.6) is 0 Å². The summed E-state index contributed by atoms with van der Waals surface area (Å²) in [6.07, 6.45) is -6.22. The molecule has 0 bridgehead atoms. The number of rotatable bonds is 2. The molecular formula is C12H18N2O5. The van der Waals surface area contributed by atoms with Gasteiger partial charge in [-0.25, -0.2) is 0 Å². The molecule has 7 nitrogen and oxygen atoms in total. The summed E-state index contributed by atoms with van der Waals surface area (Å²) >= 11 is 0. The van der Waals surface area contributed by atoms with Crippen molar-refractivity contribution in [2.45, 2.75) is 30.5 Å². The molecule has 8 N–H and O–H groups in total. The Morgan fingerprint density at radius 1 is 1.00 bits per heavy atom. The predicted molar refractivity (Wildman–Crippen MR) is 68.0 cm³/mol. The molecule has 0 aliphatic carbocycles. The maximum absolute atomic E-state index is 10.00. The monoisotopic (exact) mass is 270 g/mol. The van der Waals surface area contributed by atoms with Crippen molar-refractivity contribution in [3.8, 4) is 0 Å². The van der Waals surface area contributed by atoms with Gasteiger partial charge in [-0.2, -0.15) is 0 Å². The molecule has 1 aromatic rings. The average Bonchev–Trinajstić information content (AvgIpc) is 2.38. The van der Waals surface area contributed by atoms with E-state index in [1.807, 2.05) is 0 Å². The second-order valence-corrected chi connectivity index (χ2v) is 4.60. The van der Waals surface area contributed by atoms with Crippen molar-refractivity contribution in [2.75, 3.05) is 18.1 Å². The zero-order valence-corrected chi connectivity index (χ0v) is 10.2. The Bertz CT molecular complexity index is 433. The van der Waals surface area contributed by atoms with Gasteiger partial charge >= 0.3 is 0 Å². The molecule has 106 valence electrons. The summed E-state index contributed by atoms with van der Waals surface area (Å²) in [4.78, 5) is 0. The van der Waals surface area contributed by atoms with Crippen LogP contribution in [0.2, 0.25) is 0 Å². The number of benzene rings is 1. The Morgan fingerprint density at radius 3 is 2.11 bits per heavy atom. The molecule has 1 aromatic carbocycles. The standard InChI is InChI=1S/C12H18N2O5/c13-5-2-1-3-6(14)8(5)12-11(18)10(17)9(16)7(4-15)19-12/h1-3,7,9-12,15-18H,4,13-14H2/t7-,9-,10+,11-,12?/m1/s1. The highest BCUT2D eigenvalue weighted by Crippen LogP contribution is 2.37. The third-order valence-corrected chi connectivity index (χ3v) is 3.35. The number of nitrogen functional groups attached to an aromatic ring is 2. The van der Waals surface area contributed by atoms with E-state index in [2.05, 4.69) is 0 Å². The third-order valence-electron chi connectivity index (χ3n) is 3.35. The minimum atomic E-state index is -1.45. The highest BCUT2D eigenvalue weighted by Gasteiger charge is 2.44. The van der Waals surface area contributed by atoms with Crippen molar-refractivity contribution in [2.24, 2.45) is 0 Å². The molecule has 1 saturated heterocycles. The molecule has 1 aliphatic heterocycles. The van der Waals surface area contributed by atoms with Crippen LogP contribution in [0.25, 0.3) is 0 Å². The second-order valence-electron chi connectivity index (χ2n) is 4.60. The van der Waals surface area contributed by atoms with Crippen LogP contribution >= 0.6 is 0 Å². The Balaban J connectivity index is 2.38. The van der Waals surface area contributed by atoms with E-state index in [1.165, 1.54) is 0 Å². The van der Waals surface area contributed by atoms with Crippen molar-refractivity contribution >= 4 is 11.4 Å². The predicted octanol–water partition coefficient (Wildman–Crippen LogP) is -1.63. The van der Waals surface area contributed by atoms with Gasteiger partial charge in [-0.3, -0.25) is 0 Å². The first-order valence-electron chi connectivity index (χ1n) is 5.91. The van der Waals surface area contributed by atoms with Crippen molar-refractivity contribution in [1.29, 1.82) is 0 Å². The Morgan fingerprint density at radius 2 is 1.58 bits per heavy atom. The van der Waals surface area contributed by atoms with Crippen molar-refractivity contribution in [3.63, 3.8) is 0 Å². The lowest BCUT2D eigenvalue weighted by Gasteiger charge is -2.40. The number of ether oxygens (including phenoxy) is 1. The van der Waals surface area contributed by atoms with Crippen LogP contribution in [0, 0.1) is 0 Å². The SMILES string of the molecule is Nc1cccc(N)c1C1O[C@H](CO)[C@@H](O)[C@H](O)[C@H]1O. The van der Waals surface area contributed by atoms with Gasteiger partial charge in [0, 0.05) is 16.9 Å². The number of hydrogen-bond donors (Lipinski definition) is 6. The summed E-state index contributed by atoms with van der Waals surface area (Å²) in [6, 6.07) is 4.83. The van der Waals surface area contributed by atoms with Gasteiger partial charge in [0.25, 0.3) is 0 Å². The summed E-state index contributed by atoms with van der Waals surface area (Å²) < 4.78 is 5.41. The number of hydrogen-bond acceptors (Lipinski definition) is 7. The topological polar surface area (TPSA) is 142 Å². The van der Waals surface area contributed by atoms with Crippen molar-refractivity contribution < 1.29 is 25.2 Å². The van der Waals surface area contributed by atoms with E-state index in [0.717, 1.165) is 0 Å². The van der Waals surface area contributed by atoms with E-state index < -0.39 is 37.1 Å². The van der Waals surface area contributed by atoms with Gasteiger partial charge in [-0.15, -0.1) is 0 Å². The largest absolute Gasteiger partial charge is 0.398 e. The van der Waals surface area contributed by atoms with Gasteiger partial charge in [-0.1, -0.05) is 6.07 Å². The minimum absolute atomic E-state index is 0.310. The molecule has 0 radical (unpaired) electrons. The zero-order valence-electron chi connectivity index (χ0n) is 10.2. The van der Waals surface area contributed by atoms with Gasteiger partial charge in [-0.05, 0) is 12.1 Å². The average molecular weight is 270 g/mol. The highest BCUT2D eigenvalue weighted by molar-refractivity contribution is 5.62. The molecule has 2 rings (SSSR count). The fourth-order valence-electron chi connectivity index (χ4n) is 2.27. The van der Waals surface area contributed by atoms with E-state index in [-0.39, 0.29) is 0 Å². The third kappa shape index (κ3) is 2.38. The number of aliphatic hydroxyl groups excluding tert-OH is 4. The lowest BCUT2D eigenvalue weighted by atomic mass is 9.90. The molecular weight excluding hydrogens is 252 g/mol. The number of anilines is 2. The van der Waals surface area contributed by atoms with Crippen LogP contribution in [-0.4, -0.2) is 51.4 Å². The van der Waals surface area contributed by atoms with Gasteiger partial charge in [0.05, 0.1) is 6.61 Å². The molecule has 0 amide bonds. The van der Waals surface area contributed by atoms with E-state index >= 15 is 0 Å². The van der Waals surface area contributed by atoms with Crippen LogP contribution in [0.3, 0.4) is 0 Å². The van der Waals surface area contributed by atoms with Gasteiger partial charge < -0.3 is 36.6 Å². The fourth-order valence-corrected chi connectivity index (χ4v) is 2.27. The molecule has 19 heavy (non-hydrogen) atoms. The number of aliphatic hydroxyl groups is 4. The van der Waals surface area contributed by atoms with E-state index in [1.54, 1.807) is 18.2 Å². The van der Waals surface area contributed by atoms with Crippen molar-refractivity contribution in [3.05, 3.63) is 23.8 Å². The lowest BCUT2D eigenvalue weighted by molar-refractivity contribution is -0.231. The Hall–Kier alpha value is -1.38. The van der Waals surface area contributed by atoms with Crippen molar-refractivity contribution in [1.82, 2.24) is 0 Å². The molecule has 1 aliphatic rings. The van der Waals surface area contributed by atoms with E-state index in [0.29, 0.717) is 16.9 Å². The molecule has 5 atom stereocenters. The summed E-state index contributed by atoms with van der Waals surface area (Å²) in [5.74, 6) is 0. The van der Waals surface area contributed by atoms with Crippen LogP contribution in [0.1, 0.15) is 11.7 Å². The Labute approximate surface area is 110 Å². The summed E-state index contributed by atoms with van der Waals surface area (Å²) in [5, 5.41) is 38.6. The minimum Gasteiger partial charge on any atom is -0.398 e. The summed E-state index contributed by atoms with van der Waals surface area (Å²) in [7, 11) is 0. The highest BCUT2D eigenvalue weighted by atomic mass is 16.5. The maximum atomic E-state index is 10.00. The number of nitrogens with two attached hydrogens (primary N) is 2. The molecule has 1 heterocycles. The van der Waals surface area contributed by atoms with Crippen LogP contribution in [-0.2, 0) is 4.74 Å². The molecule has 1 fully saturated rings. The Kier molecular flexibility index (Phi) is 3.93. The quantitative estimate of drug-likeness (QED) is 0.354. The van der Waals surface area contributed by atoms with Gasteiger partial charge in [0.15, 0.2) is 0 Å². The van der Waals surface area contributed by atoms with Crippen LogP contribution in [0.4, 0.5) is 11.4 Å². The smallest absolute Gasteiger partial charge is 0.116 e. The summed E-state index contributed by atoms with van der Waals surface area (Å²) in [5.41, 5.74) is 12.6.